The molecule has 0 radical (unpaired) electrons. The molecule has 0 saturated carbocycles. The molecular weight excluding hydrogens is 285 g/mol. The van der Waals surface area contributed by atoms with Gasteiger partial charge in [0.25, 0.3) is 5.91 Å². The Labute approximate surface area is 118 Å². The number of nitrogens with two attached hydrogens (primary N) is 1. The van der Waals surface area contributed by atoms with Crippen LogP contribution in [0.3, 0.4) is 0 Å². The lowest BCUT2D eigenvalue weighted by atomic mass is 10.1. The SMILES string of the molecule is CNC(=O)c1ccn(-c2ccc(CN)c(C(F)(F)F)c2)n1. The summed E-state index contributed by atoms with van der Waals surface area (Å²) in [6.07, 6.45) is -3.08. The molecule has 8 heteroatoms. The second kappa shape index (κ2) is 5.57. The first-order valence-electron chi connectivity index (χ1n) is 6.05. The lowest BCUT2D eigenvalue weighted by molar-refractivity contribution is -0.138. The van der Waals surface area contributed by atoms with E-state index in [4.69, 9.17) is 5.73 Å². The van der Waals surface area contributed by atoms with Crippen LogP contribution in [-0.4, -0.2) is 22.7 Å². The Morgan fingerprint density at radius 2 is 2.10 bits per heavy atom. The van der Waals surface area contributed by atoms with Crippen LogP contribution in [0.2, 0.25) is 0 Å². The third-order valence-corrected chi connectivity index (χ3v) is 2.93. The van der Waals surface area contributed by atoms with Crippen molar-refractivity contribution in [3.63, 3.8) is 0 Å². The van der Waals surface area contributed by atoms with E-state index in [0.717, 1.165) is 6.07 Å². The number of amides is 1. The number of rotatable bonds is 3. The van der Waals surface area contributed by atoms with E-state index in [2.05, 4.69) is 10.4 Å². The fourth-order valence-corrected chi connectivity index (χ4v) is 1.87. The lowest BCUT2D eigenvalue weighted by Gasteiger charge is -2.13. The number of alkyl halides is 3. The average Bonchev–Trinajstić information content (AvgIpc) is 2.94. The van der Waals surface area contributed by atoms with Crippen LogP contribution in [-0.2, 0) is 12.7 Å². The van der Waals surface area contributed by atoms with Gasteiger partial charge in [0, 0.05) is 19.8 Å². The summed E-state index contributed by atoms with van der Waals surface area (Å²) in [5.74, 6) is -0.414. The summed E-state index contributed by atoms with van der Waals surface area (Å²) in [6.45, 7) is -0.211. The fraction of sp³-hybridized carbons (Fsp3) is 0.231. The molecule has 3 N–H and O–H groups in total. The second-order valence-corrected chi connectivity index (χ2v) is 4.27. The number of nitrogens with zero attached hydrogens (tertiary/aromatic N) is 2. The quantitative estimate of drug-likeness (QED) is 0.906. The Balaban J connectivity index is 2.45. The third kappa shape index (κ3) is 3.05. The molecule has 112 valence electrons. The van der Waals surface area contributed by atoms with Crippen molar-refractivity contribution >= 4 is 5.91 Å². The minimum Gasteiger partial charge on any atom is -0.354 e. The van der Waals surface area contributed by atoms with E-state index in [1.165, 1.54) is 36.1 Å². The Hall–Kier alpha value is -2.35. The van der Waals surface area contributed by atoms with Crippen LogP contribution >= 0.6 is 0 Å². The zero-order valence-corrected chi connectivity index (χ0v) is 11.1. The number of hydrogen-bond donors (Lipinski definition) is 2. The van der Waals surface area contributed by atoms with Crippen molar-refractivity contribution in [2.45, 2.75) is 12.7 Å². The molecule has 0 unspecified atom stereocenters. The molecule has 5 nitrogen and oxygen atoms in total. The summed E-state index contributed by atoms with van der Waals surface area (Å²) >= 11 is 0. The monoisotopic (exact) mass is 298 g/mol. The average molecular weight is 298 g/mol. The Bertz CT molecular complexity index is 664. The maximum Gasteiger partial charge on any atom is 0.416 e. The van der Waals surface area contributed by atoms with E-state index in [0.29, 0.717) is 0 Å². The van der Waals surface area contributed by atoms with E-state index in [1.807, 2.05) is 0 Å². The number of halogens is 3. The van der Waals surface area contributed by atoms with Crippen LogP contribution in [0.4, 0.5) is 13.2 Å². The highest BCUT2D eigenvalue weighted by Gasteiger charge is 2.33. The Kier molecular flexibility index (Phi) is 3.99. The van der Waals surface area contributed by atoms with Crippen molar-refractivity contribution in [2.75, 3.05) is 7.05 Å². The van der Waals surface area contributed by atoms with Gasteiger partial charge in [0.2, 0.25) is 0 Å². The van der Waals surface area contributed by atoms with Gasteiger partial charge < -0.3 is 11.1 Å². The van der Waals surface area contributed by atoms with Gasteiger partial charge in [-0.05, 0) is 23.8 Å². The predicted molar refractivity (Wildman–Crippen MR) is 69.8 cm³/mol. The highest BCUT2D eigenvalue weighted by molar-refractivity contribution is 5.91. The first kappa shape index (κ1) is 15.0. The molecule has 1 heterocycles. The molecule has 0 atom stereocenters. The van der Waals surface area contributed by atoms with E-state index in [9.17, 15) is 18.0 Å². The number of hydrogen-bond acceptors (Lipinski definition) is 3. The van der Waals surface area contributed by atoms with Crippen molar-refractivity contribution in [1.29, 1.82) is 0 Å². The fourth-order valence-electron chi connectivity index (χ4n) is 1.87. The van der Waals surface area contributed by atoms with E-state index in [1.54, 1.807) is 0 Å². The summed E-state index contributed by atoms with van der Waals surface area (Å²) < 4.78 is 40.1. The Morgan fingerprint density at radius 1 is 1.38 bits per heavy atom. The van der Waals surface area contributed by atoms with Gasteiger partial charge in [-0.1, -0.05) is 6.07 Å². The normalized spacial score (nSPS) is 11.5. The highest BCUT2D eigenvalue weighted by atomic mass is 19.4. The summed E-state index contributed by atoms with van der Waals surface area (Å²) in [7, 11) is 1.44. The number of carbonyl (C=O) groups is 1. The molecule has 0 aliphatic carbocycles. The lowest BCUT2D eigenvalue weighted by Crippen LogP contribution is -2.18. The van der Waals surface area contributed by atoms with Gasteiger partial charge in [-0.15, -0.1) is 0 Å². The van der Waals surface area contributed by atoms with Crippen LogP contribution in [0, 0.1) is 0 Å². The first-order chi connectivity index (χ1) is 9.86. The molecule has 2 rings (SSSR count). The summed E-state index contributed by atoms with van der Waals surface area (Å²) in [5.41, 5.74) is 4.84. The molecule has 0 spiro atoms. The third-order valence-electron chi connectivity index (χ3n) is 2.93. The molecule has 21 heavy (non-hydrogen) atoms. The molecule has 0 fully saturated rings. The maximum absolute atomic E-state index is 13.0. The highest BCUT2D eigenvalue weighted by Crippen LogP contribution is 2.33. The maximum atomic E-state index is 13.0. The number of benzene rings is 1. The van der Waals surface area contributed by atoms with Crippen molar-refractivity contribution in [3.05, 3.63) is 47.3 Å². The van der Waals surface area contributed by atoms with E-state index in [-0.39, 0.29) is 23.5 Å². The van der Waals surface area contributed by atoms with Gasteiger partial charge in [0.15, 0.2) is 5.69 Å². The molecule has 0 aliphatic heterocycles. The summed E-state index contributed by atoms with van der Waals surface area (Å²) in [6, 6.07) is 5.16. The van der Waals surface area contributed by atoms with Gasteiger partial charge in [-0.3, -0.25) is 4.79 Å². The van der Waals surface area contributed by atoms with Crippen LogP contribution in [0.5, 0.6) is 0 Å². The zero-order chi connectivity index (χ0) is 15.6. The Morgan fingerprint density at radius 3 is 2.67 bits per heavy atom. The van der Waals surface area contributed by atoms with Crippen molar-refractivity contribution in [1.82, 2.24) is 15.1 Å². The summed E-state index contributed by atoms with van der Waals surface area (Å²) in [5, 5.41) is 6.32. The van der Waals surface area contributed by atoms with Gasteiger partial charge in [0.1, 0.15) is 0 Å². The number of aromatic nitrogens is 2. The van der Waals surface area contributed by atoms with Gasteiger partial charge in [-0.25, -0.2) is 4.68 Å². The molecule has 0 bridgehead atoms. The molecule has 0 saturated heterocycles. The minimum atomic E-state index is -4.50. The van der Waals surface area contributed by atoms with Crippen molar-refractivity contribution < 1.29 is 18.0 Å². The molecular formula is C13H13F3N4O. The van der Waals surface area contributed by atoms with E-state index >= 15 is 0 Å². The summed E-state index contributed by atoms with van der Waals surface area (Å²) in [4.78, 5) is 11.4. The standard InChI is InChI=1S/C13H13F3N4O/c1-18-12(21)11-4-5-20(19-11)9-3-2-8(7-17)10(6-9)13(14,15)16/h2-6H,7,17H2,1H3,(H,18,21). The van der Waals surface area contributed by atoms with Crippen molar-refractivity contribution in [3.8, 4) is 5.69 Å². The largest absolute Gasteiger partial charge is 0.416 e. The van der Waals surface area contributed by atoms with Crippen molar-refractivity contribution in [2.24, 2.45) is 5.73 Å². The molecule has 2 aromatic rings. The van der Waals surface area contributed by atoms with Crippen LogP contribution in [0.1, 0.15) is 21.6 Å². The van der Waals surface area contributed by atoms with Gasteiger partial charge in [-0.2, -0.15) is 18.3 Å². The van der Waals surface area contributed by atoms with E-state index < -0.39 is 17.6 Å². The van der Waals surface area contributed by atoms with Gasteiger partial charge >= 0.3 is 6.18 Å². The molecule has 0 aliphatic rings. The van der Waals surface area contributed by atoms with Crippen LogP contribution < -0.4 is 11.1 Å². The molecule has 1 aromatic carbocycles. The number of carbonyl (C=O) groups excluding carboxylic acids is 1. The van der Waals surface area contributed by atoms with Crippen LogP contribution in [0.25, 0.3) is 5.69 Å². The minimum absolute atomic E-state index is 0.00457. The smallest absolute Gasteiger partial charge is 0.354 e. The predicted octanol–water partition coefficient (Wildman–Crippen LogP) is 1.71. The van der Waals surface area contributed by atoms with Gasteiger partial charge in [0.05, 0.1) is 11.3 Å². The van der Waals surface area contributed by atoms with Crippen LogP contribution in [0.15, 0.2) is 30.5 Å². The first-order valence-corrected chi connectivity index (χ1v) is 6.05. The molecule has 1 amide bonds. The number of nitrogens with one attached hydrogen (secondary N) is 1. The second-order valence-electron chi connectivity index (χ2n) is 4.27. The molecule has 1 aromatic heterocycles. The topological polar surface area (TPSA) is 72.9 Å². The zero-order valence-electron chi connectivity index (χ0n) is 11.1.